The van der Waals surface area contributed by atoms with E-state index in [-0.39, 0.29) is 23.3 Å². The van der Waals surface area contributed by atoms with Crippen LogP contribution in [0.1, 0.15) is 76.3 Å². The molecule has 206 valence electrons. The number of hydrazone groups is 2. The van der Waals surface area contributed by atoms with Gasteiger partial charge in [0.25, 0.3) is 0 Å². The highest BCUT2D eigenvalue weighted by Crippen LogP contribution is 2.27. The molecule has 2 aromatic rings. The lowest BCUT2D eigenvalue weighted by atomic mass is 10.1. The van der Waals surface area contributed by atoms with Crippen molar-refractivity contribution in [1.29, 1.82) is 0 Å². The molecule has 0 aromatic heterocycles. The number of benzene rings is 2. The van der Waals surface area contributed by atoms with Gasteiger partial charge < -0.3 is 19.7 Å². The Bertz CT molecular complexity index is 1000. The number of ether oxygens (including phenoxy) is 2. The van der Waals surface area contributed by atoms with E-state index in [1.807, 2.05) is 13.8 Å². The number of nitrogens with one attached hydrogen (secondary N) is 2. The van der Waals surface area contributed by atoms with Gasteiger partial charge >= 0.3 is 0 Å². The van der Waals surface area contributed by atoms with Crippen LogP contribution in [0.15, 0.2) is 46.6 Å². The SMILES string of the molecule is CCOc1cc(/C=N/NC(=O)CCCCCCCCC(=O)N/N=C/c2ccc(O)c(OCC)c2)ccc1O. The van der Waals surface area contributed by atoms with Crippen LogP contribution in [0.25, 0.3) is 0 Å². The summed E-state index contributed by atoms with van der Waals surface area (Å²) in [6.07, 6.45) is 9.19. The predicted molar refractivity (Wildman–Crippen MR) is 147 cm³/mol. The number of carbonyl (C=O) groups excluding carboxylic acids is 2. The van der Waals surface area contributed by atoms with Crippen molar-refractivity contribution in [3.05, 3.63) is 47.5 Å². The number of amides is 2. The minimum absolute atomic E-state index is 0.0597. The van der Waals surface area contributed by atoms with E-state index < -0.39 is 0 Å². The zero-order valence-electron chi connectivity index (χ0n) is 22.1. The molecule has 0 atom stereocenters. The van der Waals surface area contributed by atoms with E-state index >= 15 is 0 Å². The van der Waals surface area contributed by atoms with Crippen LogP contribution in [0.5, 0.6) is 23.0 Å². The van der Waals surface area contributed by atoms with Crippen molar-refractivity contribution in [3.8, 4) is 23.0 Å². The molecule has 0 aliphatic heterocycles. The number of phenols is 2. The molecule has 0 aliphatic rings. The van der Waals surface area contributed by atoms with Gasteiger partial charge in [-0.15, -0.1) is 0 Å². The Morgan fingerprint density at radius 2 is 1.11 bits per heavy atom. The number of hydrogen-bond acceptors (Lipinski definition) is 8. The fourth-order valence-corrected chi connectivity index (χ4v) is 3.51. The van der Waals surface area contributed by atoms with Gasteiger partial charge in [-0.25, -0.2) is 10.9 Å². The highest BCUT2D eigenvalue weighted by molar-refractivity contribution is 5.84. The van der Waals surface area contributed by atoms with Gasteiger partial charge in [0, 0.05) is 12.8 Å². The number of phenolic OH excluding ortho intramolecular Hbond substituents is 2. The molecule has 0 saturated heterocycles. The minimum Gasteiger partial charge on any atom is -0.504 e. The standard InChI is InChI=1S/C28H38N4O6/c1-3-37-25-17-21(13-15-23(25)33)19-29-31-27(35)11-9-7-5-6-8-10-12-28(36)32-30-20-22-14-16-24(34)26(18-22)38-4-2/h13-20,33-34H,3-12H2,1-2H3,(H,31,35)(H,32,36)/b29-19+,30-20+. The molecule has 2 aromatic carbocycles. The van der Waals surface area contributed by atoms with E-state index in [0.29, 0.717) is 48.7 Å². The topological polar surface area (TPSA) is 142 Å². The molecule has 10 heteroatoms. The van der Waals surface area contributed by atoms with Gasteiger partial charge in [-0.2, -0.15) is 10.2 Å². The second kappa shape index (κ2) is 17.4. The third-order valence-electron chi connectivity index (χ3n) is 5.43. The summed E-state index contributed by atoms with van der Waals surface area (Å²) in [5.74, 6) is 0.569. The van der Waals surface area contributed by atoms with Gasteiger partial charge in [0.2, 0.25) is 11.8 Å². The molecule has 38 heavy (non-hydrogen) atoms. The van der Waals surface area contributed by atoms with Crippen molar-refractivity contribution in [3.63, 3.8) is 0 Å². The van der Waals surface area contributed by atoms with Crippen molar-refractivity contribution >= 4 is 24.2 Å². The van der Waals surface area contributed by atoms with Crippen LogP contribution in [0.2, 0.25) is 0 Å². The molecular formula is C28H38N4O6. The third kappa shape index (κ3) is 11.8. The van der Waals surface area contributed by atoms with Crippen molar-refractivity contribution in [1.82, 2.24) is 10.9 Å². The molecule has 0 bridgehead atoms. The maximum Gasteiger partial charge on any atom is 0.240 e. The summed E-state index contributed by atoms with van der Waals surface area (Å²) in [5.41, 5.74) is 6.44. The lowest BCUT2D eigenvalue weighted by Gasteiger charge is -2.06. The first-order chi connectivity index (χ1) is 18.4. The largest absolute Gasteiger partial charge is 0.504 e. The molecule has 0 unspecified atom stereocenters. The maximum absolute atomic E-state index is 11.9. The summed E-state index contributed by atoms with van der Waals surface area (Å²) < 4.78 is 10.7. The Balaban J connectivity index is 1.51. The molecule has 0 heterocycles. The van der Waals surface area contributed by atoms with E-state index in [1.165, 1.54) is 24.6 Å². The Morgan fingerprint density at radius 1 is 0.711 bits per heavy atom. The fourth-order valence-electron chi connectivity index (χ4n) is 3.51. The Labute approximate surface area is 223 Å². The molecule has 2 rings (SSSR count). The second-order valence-corrected chi connectivity index (χ2v) is 8.53. The highest BCUT2D eigenvalue weighted by Gasteiger charge is 2.05. The van der Waals surface area contributed by atoms with Crippen LogP contribution < -0.4 is 20.3 Å². The molecule has 0 saturated carbocycles. The van der Waals surface area contributed by atoms with Gasteiger partial charge in [-0.05, 0) is 74.2 Å². The van der Waals surface area contributed by atoms with Crippen LogP contribution in [-0.2, 0) is 9.59 Å². The Hall–Kier alpha value is -4.08. The summed E-state index contributed by atoms with van der Waals surface area (Å²) in [6, 6.07) is 9.71. The predicted octanol–water partition coefficient (Wildman–Crippen LogP) is 4.62. The molecule has 0 radical (unpaired) electrons. The average molecular weight is 527 g/mol. The summed E-state index contributed by atoms with van der Waals surface area (Å²) >= 11 is 0. The zero-order chi connectivity index (χ0) is 27.6. The van der Waals surface area contributed by atoms with Crippen LogP contribution in [0, 0.1) is 0 Å². The second-order valence-electron chi connectivity index (χ2n) is 8.53. The molecule has 0 fully saturated rings. The van der Waals surface area contributed by atoms with Gasteiger partial charge in [0.15, 0.2) is 23.0 Å². The van der Waals surface area contributed by atoms with Gasteiger partial charge in [0.05, 0.1) is 25.6 Å². The fraction of sp³-hybridized carbons (Fsp3) is 0.429. The van der Waals surface area contributed by atoms with E-state index in [2.05, 4.69) is 21.1 Å². The molecule has 0 aliphatic carbocycles. The monoisotopic (exact) mass is 526 g/mol. The number of rotatable bonds is 17. The normalized spacial score (nSPS) is 11.1. The van der Waals surface area contributed by atoms with Crippen LogP contribution >= 0.6 is 0 Å². The smallest absolute Gasteiger partial charge is 0.240 e. The maximum atomic E-state index is 11.9. The first-order valence-corrected chi connectivity index (χ1v) is 13.0. The molecule has 10 nitrogen and oxygen atoms in total. The lowest BCUT2D eigenvalue weighted by Crippen LogP contribution is -2.17. The molecule has 4 N–H and O–H groups in total. The van der Waals surface area contributed by atoms with Gasteiger partial charge in [0.1, 0.15) is 0 Å². The number of hydrogen-bond donors (Lipinski definition) is 4. The van der Waals surface area contributed by atoms with Crippen molar-refractivity contribution < 1.29 is 29.3 Å². The highest BCUT2D eigenvalue weighted by atomic mass is 16.5. The van der Waals surface area contributed by atoms with Gasteiger partial charge in [-0.1, -0.05) is 25.7 Å². The van der Waals surface area contributed by atoms with Crippen LogP contribution in [0.3, 0.4) is 0 Å². The van der Waals surface area contributed by atoms with E-state index in [9.17, 15) is 19.8 Å². The first kappa shape index (κ1) is 30.1. The zero-order valence-corrected chi connectivity index (χ0v) is 22.1. The number of aromatic hydroxyl groups is 2. The van der Waals surface area contributed by atoms with Crippen LogP contribution in [-0.4, -0.2) is 47.7 Å². The molecule has 2 amide bonds. The van der Waals surface area contributed by atoms with Gasteiger partial charge in [-0.3, -0.25) is 9.59 Å². The van der Waals surface area contributed by atoms with Crippen molar-refractivity contribution in [2.45, 2.75) is 65.2 Å². The first-order valence-electron chi connectivity index (χ1n) is 13.0. The molecule has 0 spiro atoms. The summed E-state index contributed by atoms with van der Waals surface area (Å²) in [6.45, 7) is 4.54. The lowest BCUT2D eigenvalue weighted by molar-refractivity contribution is -0.122. The minimum atomic E-state index is -0.149. The Kier molecular flexibility index (Phi) is 13.8. The molecular weight excluding hydrogens is 488 g/mol. The van der Waals surface area contributed by atoms with E-state index in [0.717, 1.165) is 38.5 Å². The average Bonchev–Trinajstić information content (AvgIpc) is 2.89. The Morgan fingerprint density at radius 3 is 1.50 bits per heavy atom. The number of nitrogens with zero attached hydrogens (tertiary/aromatic N) is 2. The van der Waals surface area contributed by atoms with E-state index in [4.69, 9.17) is 9.47 Å². The van der Waals surface area contributed by atoms with Crippen molar-refractivity contribution in [2.75, 3.05) is 13.2 Å². The number of unbranched alkanes of at least 4 members (excludes halogenated alkanes) is 5. The van der Waals surface area contributed by atoms with Crippen LogP contribution in [0.4, 0.5) is 0 Å². The number of carbonyl (C=O) groups is 2. The quantitative estimate of drug-likeness (QED) is 0.135. The van der Waals surface area contributed by atoms with E-state index in [1.54, 1.807) is 24.3 Å². The summed E-state index contributed by atoms with van der Waals surface area (Å²) in [4.78, 5) is 23.9. The summed E-state index contributed by atoms with van der Waals surface area (Å²) in [5, 5.41) is 27.3. The van der Waals surface area contributed by atoms with Crippen molar-refractivity contribution in [2.24, 2.45) is 10.2 Å². The summed E-state index contributed by atoms with van der Waals surface area (Å²) in [7, 11) is 0. The third-order valence-corrected chi connectivity index (χ3v) is 5.43.